The van der Waals surface area contributed by atoms with Crippen molar-refractivity contribution in [3.8, 4) is 0 Å². The molecule has 2 rings (SSSR count). The van der Waals surface area contributed by atoms with Crippen LogP contribution in [0, 0.1) is 13.8 Å². The molecule has 0 saturated heterocycles. The number of halogens is 2. The molecule has 1 aromatic heterocycles. The predicted octanol–water partition coefficient (Wildman–Crippen LogP) is 3.86. The minimum atomic E-state index is 0. The standard InChI is InChI=1S/C17H23ClN4O.HI/c1-4-19-17(21-11-16-22-12(2)13(3)23-16)20-10-9-14-5-7-15(18)8-6-14;/h5-8H,4,9-11H2,1-3H3,(H2,19,20,21);1H. The zero-order valence-electron chi connectivity index (χ0n) is 14.2. The van der Waals surface area contributed by atoms with E-state index in [9.17, 15) is 0 Å². The molecular formula is C17H24ClIN4O. The lowest BCUT2D eigenvalue weighted by atomic mass is 10.1. The van der Waals surface area contributed by atoms with Gasteiger partial charge < -0.3 is 15.1 Å². The van der Waals surface area contributed by atoms with Crippen molar-refractivity contribution in [2.75, 3.05) is 13.1 Å². The number of rotatable bonds is 6. The van der Waals surface area contributed by atoms with Crippen LogP contribution < -0.4 is 10.6 Å². The summed E-state index contributed by atoms with van der Waals surface area (Å²) in [6.45, 7) is 7.89. The fourth-order valence-electron chi connectivity index (χ4n) is 2.07. The number of nitrogens with zero attached hydrogens (tertiary/aromatic N) is 2. The molecule has 1 aromatic carbocycles. The third-order valence-corrected chi connectivity index (χ3v) is 3.66. The number of oxazole rings is 1. The molecule has 0 aliphatic rings. The lowest BCUT2D eigenvalue weighted by molar-refractivity contribution is 0.473. The summed E-state index contributed by atoms with van der Waals surface area (Å²) in [7, 11) is 0. The highest BCUT2D eigenvalue weighted by molar-refractivity contribution is 14.0. The fraction of sp³-hybridized carbons (Fsp3) is 0.412. The minimum absolute atomic E-state index is 0. The molecule has 1 heterocycles. The molecular weight excluding hydrogens is 439 g/mol. The third kappa shape index (κ3) is 6.68. The SMILES string of the molecule is CCNC(=NCc1nc(C)c(C)o1)NCCc1ccc(Cl)cc1.I. The lowest BCUT2D eigenvalue weighted by Gasteiger charge is -2.10. The molecule has 0 bridgehead atoms. The van der Waals surface area contributed by atoms with Crippen LogP contribution in [0.15, 0.2) is 33.7 Å². The van der Waals surface area contributed by atoms with E-state index in [-0.39, 0.29) is 24.0 Å². The monoisotopic (exact) mass is 462 g/mol. The Morgan fingerprint density at radius 1 is 1.21 bits per heavy atom. The number of benzene rings is 1. The summed E-state index contributed by atoms with van der Waals surface area (Å²) in [6, 6.07) is 7.88. The maximum atomic E-state index is 5.89. The van der Waals surface area contributed by atoms with E-state index in [2.05, 4.69) is 20.6 Å². The first-order valence-corrected chi connectivity index (χ1v) is 8.15. The molecule has 0 amide bonds. The maximum absolute atomic E-state index is 5.89. The molecule has 0 radical (unpaired) electrons. The largest absolute Gasteiger partial charge is 0.444 e. The average molecular weight is 463 g/mol. The number of aryl methyl sites for hydroxylation is 2. The van der Waals surface area contributed by atoms with E-state index in [0.717, 1.165) is 41.9 Å². The van der Waals surface area contributed by atoms with E-state index in [0.29, 0.717) is 12.4 Å². The molecule has 0 atom stereocenters. The Labute approximate surface area is 165 Å². The van der Waals surface area contributed by atoms with Gasteiger partial charge in [-0.3, -0.25) is 0 Å². The van der Waals surface area contributed by atoms with Gasteiger partial charge in [0.15, 0.2) is 5.96 Å². The molecule has 24 heavy (non-hydrogen) atoms. The zero-order valence-corrected chi connectivity index (χ0v) is 17.3. The first-order chi connectivity index (χ1) is 11.1. The summed E-state index contributed by atoms with van der Waals surface area (Å²) >= 11 is 5.89. The van der Waals surface area contributed by atoms with Crippen molar-refractivity contribution in [2.45, 2.75) is 33.7 Å². The van der Waals surface area contributed by atoms with Gasteiger partial charge in [-0.25, -0.2) is 9.98 Å². The van der Waals surface area contributed by atoms with Crippen LogP contribution in [0.5, 0.6) is 0 Å². The Bertz CT molecular complexity index is 636. The Balaban J connectivity index is 0.00000288. The Hall–Kier alpha value is -1.28. The first kappa shape index (κ1) is 20.8. The molecule has 0 unspecified atom stereocenters. The van der Waals surface area contributed by atoms with Crippen molar-refractivity contribution in [1.29, 1.82) is 0 Å². The van der Waals surface area contributed by atoms with Crippen molar-refractivity contribution in [1.82, 2.24) is 15.6 Å². The van der Waals surface area contributed by atoms with Gasteiger partial charge in [-0.1, -0.05) is 23.7 Å². The van der Waals surface area contributed by atoms with Gasteiger partial charge in [0.2, 0.25) is 5.89 Å². The fourth-order valence-corrected chi connectivity index (χ4v) is 2.20. The normalized spacial score (nSPS) is 11.1. The van der Waals surface area contributed by atoms with E-state index >= 15 is 0 Å². The van der Waals surface area contributed by atoms with E-state index in [1.807, 2.05) is 45.0 Å². The number of hydrogen-bond acceptors (Lipinski definition) is 3. The van der Waals surface area contributed by atoms with Crippen LogP contribution in [0.2, 0.25) is 5.02 Å². The van der Waals surface area contributed by atoms with Crippen LogP contribution in [0.1, 0.15) is 29.8 Å². The van der Waals surface area contributed by atoms with E-state index < -0.39 is 0 Å². The lowest BCUT2D eigenvalue weighted by Crippen LogP contribution is -2.38. The highest BCUT2D eigenvalue weighted by atomic mass is 127. The van der Waals surface area contributed by atoms with Gasteiger partial charge in [-0.05, 0) is 44.9 Å². The van der Waals surface area contributed by atoms with Gasteiger partial charge in [0.1, 0.15) is 12.3 Å². The zero-order chi connectivity index (χ0) is 16.7. The average Bonchev–Trinajstić information content (AvgIpc) is 2.85. The summed E-state index contributed by atoms with van der Waals surface area (Å²) in [4.78, 5) is 8.84. The quantitative estimate of drug-likeness (QED) is 0.389. The predicted molar refractivity (Wildman–Crippen MR) is 109 cm³/mol. The second-order valence-electron chi connectivity index (χ2n) is 5.25. The second-order valence-corrected chi connectivity index (χ2v) is 5.68. The van der Waals surface area contributed by atoms with Gasteiger partial charge in [-0.15, -0.1) is 24.0 Å². The Kier molecular flexibility index (Phi) is 9.13. The molecule has 0 fully saturated rings. The van der Waals surface area contributed by atoms with Crippen LogP contribution in [0.25, 0.3) is 0 Å². The van der Waals surface area contributed by atoms with E-state index in [1.54, 1.807) is 0 Å². The molecule has 2 N–H and O–H groups in total. The van der Waals surface area contributed by atoms with Gasteiger partial charge in [0, 0.05) is 18.1 Å². The van der Waals surface area contributed by atoms with Gasteiger partial charge in [0.25, 0.3) is 0 Å². The van der Waals surface area contributed by atoms with Crippen molar-refractivity contribution < 1.29 is 4.42 Å². The molecule has 132 valence electrons. The molecule has 0 aliphatic carbocycles. The van der Waals surface area contributed by atoms with Crippen LogP contribution >= 0.6 is 35.6 Å². The molecule has 0 saturated carbocycles. The highest BCUT2D eigenvalue weighted by Gasteiger charge is 2.05. The van der Waals surface area contributed by atoms with Crippen molar-refractivity contribution in [3.05, 3.63) is 52.2 Å². The number of aliphatic imine (C=N–C) groups is 1. The third-order valence-electron chi connectivity index (χ3n) is 3.41. The number of hydrogen-bond donors (Lipinski definition) is 2. The highest BCUT2D eigenvalue weighted by Crippen LogP contribution is 2.10. The number of aromatic nitrogens is 1. The molecule has 2 aromatic rings. The topological polar surface area (TPSA) is 62.5 Å². The molecule has 7 heteroatoms. The van der Waals surface area contributed by atoms with Gasteiger partial charge in [0.05, 0.1) is 5.69 Å². The van der Waals surface area contributed by atoms with Crippen LogP contribution in [-0.4, -0.2) is 24.0 Å². The molecule has 0 spiro atoms. The van der Waals surface area contributed by atoms with Crippen molar-refractivity contribution >= 4 is 41.5 Å². The Morgan fingerprint density at radius 2 is 1.92 bits per heavy atom. The van der Waals surface area contributed by atoms with Crippen molar-refractivity contribution in [3.63, 3.8) is 0 Å². The molecule has 0 aliphatic heterocycles. The van der Waals surface area contributed by atoms with E-state index in [1.165, 1.54) is 5.56 Å². The van der Waals surface area contributed by atoms with Crippen molar-refractivity contribution in [2.24, 2.45) is 4.99 Å². The maximum Gasteiger partial charge on any atom is 0.216 e. The van der Waals surface area contributed by atoms with Crippen LogP contribution in [0.3, 0.4) is 0 Å². The smallest absolute Gasteiger partial charge is 0.216 e. The summed E-state index contributed by atoms with van der Waals surface area (Å²) < 4.78 is 5.54. The Morgan fingerprint density at radius 3 is 2.50 bits per heavy atom. The summed E-state index contributed by atoms with van der Waals surface area (Å²) in [6.07, 6.45) is 0.902. The van der Waals surface area contributed by atoms with E-state index in [4.69, 9.17) is 16.0 Å². The van der Waals surface area contributed by atoms with Gasteiger partial charge >= 0.3 is 0 Å². The second kappa shape index (κ2) is 10.6. The van der Waals surface area contributed by atoms with Gasteiger partial charge in [-0.2, -0.15) is 0 Å². The summed E-state index contributed by atoms with van der Waals surface area (Å²) in [5, 5.41) is 7.29. The number of guanidine groups is 1. The molecule has 5 nitrogen and oxygen atoms in total. The first-order valence-electron chi connectivity index (χ1n) is 7.78. The van der Waals surface area contributed by atoms with Crippen LogP contribution in [-0.2, 0) is 13.0 Å². The van der Waals surface area contributed by atoms with Crippen LogP contribution in [0.4, 0.5) is 0 Å². The minimum Gasteiger partial charge on any atom is -0.444 e. The summed E-state index contributed by atoms with van der Waals surface area (Å²) in [5.74, 6) is 2.24. The summed E-state index contributed by atoms with van der Waals surface area (Å²) in [5.41, 5.74) is 2.15. The number of nitrogens with one attached hydrogen (secondary N) is 2.